The lowest BCUT2D eigenvalue weighted by Crippen LogP contribution is -2.11. The highest BCUT2D eigenvalue weighted by atomic mass is 35.5. The maximum atomic E-state index is 12.5. The minimum Gasteiger partial charge on any atom is -0.404 e. The van der Waals surface area contributed by atoms with Crippen LogP contribution in [-0.2, 0) is 12.8 Å². The number of rotatable bonds is 5. The molecule has 0 bridgehead atoms. The van der Waals surface area contributed by atoms with Crippen LogP contribution in [0.15, 0.2) is 48.5 Å². The Kier molecular flexibility index (Phi) is 5.64. The van der Waals surface area contributed by atoms with Gasteiger partial charge < -0.3 is 4.74 Å². The van der Waals surface area contributed by atoms with E-state index in [1.807, 2.05) is 19.1 Å². The van der Waals surface area contributed by atoms with Crippen molar-refractivity contribution in [1.29, 1.82) is 0 Å². The fourth-order valence-corrected chi connectivity index (χ4v) is 2.78. The summed E-state index contributed by atoms with van der Waals surface area (Å²) in [5.74, 6) is -0.0960. The number of hydrogen-bond donors (Lipinski definition) is 0. The minimum atomic E-state index is -0.434. The normalized spacial score (nSPS) is 10.8. The van der Waals surface area contributed by atoms with E-state index in [-0.39, 0.29) is 0 Å². The Morgan fingerprint density at radius 1 is 1.00 bits per heavy atom. The van der Waals surface area contributed by atoms with E-state index in [2.05, 4.69) is 12.0 Å². The first-order valence-corrected chi connectivity index (χ1v) is 9.13. The number of hydrogen-bond acceptors (Lipinski definition) is 3. The highest BCUT2D eigenvalue weighted by Gasteiger charge is 2.16. The van der Waals surface area contributed by atoms with Gasteiger partial charge in [-0.2, -0.15) is 5.10 Å². The molecule has 0 aliphatic carbocycles. The molecule has 26 heavy (non-hydrogen) atoms. The average Bonchev–Trinajstić information content (AvgIpc) is 3.07. The third kappa shape index (κ3) is 3.92. The molecule has 0 N–H and O–H groups in total. The predicted octanol–water partition coefficient (Wildman–Crippen LogP) is 5.52. The smallest absolute Gasteiger partial charge is 0.344 e. The molecule has 0 saturated heterocycles. The number of esters is 1. The lowest BCUT2D eigenvalue weighted by Gasteiger charge is -2.09. The second-order valence-corrected chi connectivity index (χ2v) is 6.59. The van der Waals surface area contributed by atoms with Crippen molar-refractivity contribution >= 4 is 29.2 Å². The molecular formula is C20H18Cl2N2O2. The molecule has 3 aromatic rings. The Bertz CT molecular complexity index is 933. The molecule has 6 heteroatoms. The van der Waals surface area contributed by atoms with E-state index in [9.17, 15) is 4.79 Å². The number of aromatic nitrogens is 2. The van der Waals surface area contributed by atoms with Gasteiger partial charge in [-0.3, -0.25) is 0 Å². The quantitative estimate of drug-likeness (QED) is 0.540. The van der Waals surface area contributed by atoms with Crippen molar-refractivity contribution in [2.45, 2.75) is 26.7 Å². The van der Waals surface area contributed by atoms with Crippen LogP contribution >= 0.6 is 23.2 Å². The van der Waals surface area contributed by atoms with E-state index in [0.717, 1.165) is 17.7 Å². The Morgan fingerprint density at radius 2 is 1.73 bits per heavy atom. The van der Waals surface area contributed by atoms with Crippen molar-refractivity contribution in [1.82, 2.24) is 9.78 Å². The monoisotopic (exact) mass is 388 g/mol. The van der Waals surface area contributed by atoms with Crippen molar-refractivity contribution in [3.05, 3.63) is 75.4 Å². The summed E-state index contributed by atoms with van der Waals surface area (Å²) in [6.07, 6.45) is 1.63. The second kappa shape index (κ2) is 7.94. The van der Waals surface area contributed by atoms with Crippen LogP contribution in [0.5, 0.6) is 5.88 Å². The molecule has 0 aliphatic heterocycles. The molecule has 1 aromatic heterocycles. The zero-order chi connectivity index (χ0) is 18.7. The number of carbonyl (C=O) groups is 1. The topological polar surface area (TPSA) is 44.1 Å². The molecule has 4 nitrogen and oxygen atoms in total. The molecule has 1 heterocycles. The van der Waals surface area contributed by atoms with Crippen molar-refractivity contribution in [3.8, 4) is 11.6 Å². The highest BCUT2D eigenvalue weighted by molar-refractivity contribution is 6.42. The summed E-state index contributed by atoms with van der Waals surface area (Å²) in [6.45, 7) is 4.05. The van der Waals surface area contributed by atoms with Gasteiger partial charge in [0.15, 0.2) is 0 Å². The molecular weight excluding hydrogens is 371 g/mol. The van der Waals surface area contributed by atoms with Crippen molar-refractivity contribution < 1.29 is 9.53 Å². The highest BCUT2D eigenvalue weighted by Crippen LogP contribution is 2.27. The molecule has 0 spiro atoms. The van der Waals surface area contributed by atoms with Gasteiger partial charge in [0, 0.05) is 6.07 Å². The molecule has 0 atom stereocenters. The number of carbonyl (C=O) groups excluding carboxylic acids is 1. The molecule has 0 aliphatic rings. The molecule has 0 fully saturated rings. The van der Waals surface area contributed by atoms with Crippen molar-refractivity contribution in [2.75, 3.05) is 0 Å². The van der Waals surface area contributed by atoms with Gasteiger partial charge in [-0.25, -0.2) is 9.48 Å². The minimum absolute atomic E-state index is 0.338. The van der Waals surface area contributed by atoms with Crippen LogP contribution in [0.1, 0.15) is 35.5 Å². The van der Waals surface area contributed by atoms with Crippen LogP contribution in [0.4, 0.5) is 0 Å². The van der Waals surface area contributed by atoms with Crippen LogP contribution in [-0.4, -0.2) is 15.7 Å². The summed E-state index contributed by atoms with van der Waals surface area (Å²) in [4.78, 5) is 12.5. The fourth-order valence-electron chi connectivity index (χ4n) is 2.49. The van der Waals surface area contributed by atoms with Crippen LogP contribution in [0.25, 0.3) is 5.69 Å². The summed E-state index contributed by atoms with van der Waals surface area (Å²) < 4.78 is 7.15. The Balaban J connectivity index is 1.92. The third-order valence-corrected chi connectivity index (χ3v) is 4.77. The summed E-state index contributed by atoms with van der Waals surface area (Å²) in [6, 6.07) is 14.3. The van der Waals surface area contributed by atoms with E-state index in [0.29, 0.717) is 33.6 Å². The summed E-state index contributed by atoms with van der Waals surface area (Å²) in [5, 5.41) is 5.34. The van der Waals surface area contributed by atoms with E-state index < -0.39 is 5.97 Å². The SMILES string of the molecule is CCc1ccc(C(=O)Oc2cc(CC)nn2-c2ccc(Cl)c(Cl)c2)cc1. The maximum absolute atomic E-state index is 12.5. The summed E-state index contributed by atoms with van der Waals surface area (Å²) in [7, 11) is 0. The number of halogens is 2. The van der Waals surface area contributed by atoms with Gasteiger partial charge >= 0.3 is 5.97 Å². The van der Waals surface area contributed by atoms with E-state index >= 15 is 0 Å². The number of ether oxygens (including phenoxy) is 1. The summed E-state index contributed by atoms with van der Waals surface area (Å²) in [5.41, 5.74) is 3.13. The van der Waals surface area contributed by atoms with Crippen LogP contribution in [0, 0.1) is 0 Å². The molecule has 0 amide bonds. The Hall–Kier alpha value is -2.30. The molecule has 0 saturated carbocycles. The standard InChI is InChI=1S/C20H18Cl2N2O2/c1-3-13-5-7-14(8-6-13)20(25)26-19-11-15(4-2)23-24(19)16-9-10-17(21)18(22)12-16/h5-12H,3-4H2,1-2H3. The zero-order valence-electron chi connectivity index (χ0n) is 14.5. The van der Waals surface area contributed by atoms with Gasteiger partial charge in [-0.05, 0) is 48.7 Å². The first-order valence-electron chi connectivity index (χ1n) is 8.37. The second-order valence-electron chi connectivity index (χ2n) is 5.78. The number of benzene rings is 2. The van der Waals surface area contributed by atoms with Crippen molar-refractivity contribution in [3.63, 3.8) is 0 Å². The van der Waals surface area contributed by atoms with Crippen LogP contribution in [0.3, 0.4) is 0 Å². The number of nitrogens with zero attached hydrogens (tertiary/aromatic N) is 2. The van der Waals surface area contributed by atoms with Crippen LogP contribution < -0.4 is 4.74 Å². The van der Waals surface area contributed by atoms with E-state index in [1.54, 1.807) is 41.1 Å². The van der Waals surface area contributed by atoms with Gasteiger partial charge in [-0.15, -0.1) is 0 Å². The number of aryl methyl sites for hydroxylation is 2. The third-order valence-electron chi connectivity index (χ3n) is 4.03. The molecule has 0 radical (unpaired) electrons. The van der Waals surface area contributed by atoms with E-state index in [1.165, 1.54) is 0 Å². The predicted molar refractivity (Wildman–Crippen MR) is 104 cm³/mol. The zero-order valence-corrected chi connectivity index (χ0v) is 16.0. The first-order chi connectivity index (χ1) is 12.5. The lowest BCUT2D eigenvalue weighted by atomic mass is 10.1. The molecule has 134 valence electrons. The maximum Gasteiger partial charge on any atom is 0.344 e. The molecule has 2 aromatic carbocycles. The largest absolute Gasteiger partial charge is 0.404 e. The van der Waals surface area contributed by atoms with Gasteiger partial charge in [-0.1, -0.05) is 49.2 Å². The van der Waals surface area contributed by atoms with Gasteiger partial charge in [0.05, 0.1) is 27.0 Å². The Labute approximate surface area is 162 Å². The van der Waals surface area contributed by atoms with Crippen LogP contribution in [0.2, 0.25) is 10.0 Å². The molecule has 0 unspecified atom stereocenters. The average molecular weight is 389 g/mol. The lowest BCUT2D eigenvalue weighted by molar-refractivity contribution is 0.0723. The summed E-state index contributed by atoms with van der Waals surface area (Å²) >= 11 is 12.1. The fraction of sp³-hybridized carbons (Fsp3) is 0.200. The Morgan fingerprint density at radius 3 is 2.35 bits per heavy atom. The van der Waals surface area contributed by atoms with Crippen molar-refractivity contribution in [2.24, 2.45) is 0 Å². The first kappa shape index (κ1) is 18.5. The van der Waals surface area contributed by atoms with Gasteiger partial charge in [0.2, 0.25) is 5.88 Å². The van der Waals surface area contributed by atoms with Gasteiger partial charge in [0.25, 0.3) is 0 Å². The van der Waals surface area contributed by atoms with E-state index in [4.69, 9.17) is 27.9 Å². The molecule has 3 rings (SSSR count). The van der Waals surface area contributed by atoms with Gasteiger partial charge in [0.1, 0.15) is 0 Å².